The Morgan fingerprint density at radius 3 is 2.33 bits per heavy atom. The van der Waals surface area contributed by atoms with Crippen molar-refractivity contribution in [2.24, 2.45) is 10.8 Å². The van der Waals surface area contributed by atoms with Gasteiger partial charge in [-0.1, -0.05) is 32.0 Å². The van der Waals surface area contributed by atoms with Crippen LogP contribution in [0.3, 0.4) is 0 Å². The Kier molecular flexibility index (Phi) is 4.55. The Hall–Kier alpha value is -1.84. The molecule has 0 amide bonds. The van der Waals surface area contributed by atoms with Crippen LogP contribution in [-0.4, -0.2) is 19.0 Å². The van der Waals surface area contributed by atoms with Crippen LogP contribution in [0.2, 0.25) is 0 Å². The highest BCUT2D eigenvalue weighted by molar-refractivity contribution is 5.76. The average Bonchev–Trinajstić information content (AvgIpc) is 2.65. The number of fused-ring (bicyclic) bond motifs is 1. The number of carbonyl (C=O) groups excluding carboxylic acids is 2. The van der Waals surface area contributed by atoms with E-state index in [1.165, 1.54) is 7.11 Å². The molecule has 1 atom stereocenters. The smallest absolute Gasteiger partial charge is 0.312 e. The predicted octanol–water partition coefficient (Wildman–Crippen LogP) is 3.79. The van der Waals surface area contributed by atoms with E-state index in [-0.39, 0.29) is 23.8 Å². The maximum absolute atomic E-state index is 12.5. The average molecular weight is 332 g/mol. The molecule has 0 saturated carbocycles. The largest absolute Gasteiger partial charge is 0.469 e. The van der Waals surface area contributed by atoms with Crippen LogP contribution in [0.1, 0.15) is 58.2 Å². The molecule has 4 nitrogen and oxygen atoms in total. The minimum Gasteiger partial charge on any atom is -0.469 e. The zero-order chi connectivity index (χ0) is 18.3. The van der Waals surface area contributed by atoms with Crippen LogP contribution in [0.4, 0.5) is 0 Å². The number of rotatable bonds is 3. The molecule has 24 heavy (non-hydrogen) atoms. The molecule has 0 bridgehead atoms. The third-order valence-electron chi connectivity index (χ3n) is 5.10. The molecule has 1 aliphatic carbocycles. The van der Waals surface area contributed by atoms with E-state index < -0.39 is 11.0 Å². The summed E-state index contributed by atoms with van der Waals surface area (Å²) < 4.78 is 10.8. The maximum Gasteiger partial charge on any atom is 0.312 e. The molecule has 1 aromatic rings. The van der Waals surface area contributed by atoms with Gasteiger partial charge in [0.1, 0.15) is 5.60 Å². The third kappa shape index (κ3) is 3.19. The molecule has 0 saturated heterocycles. The van der Waals surface area contributed by atoms with Crippen molar-refractivity contribution < 1.29 is 19.1 Å². The molecule has 1 unspecified atom stereocenters. The Morgan fingerprint density at radius 1 is 1.17 bits per heavy atom. The molecule has 132 valence electrons. The van der Waals surface area contributed by atoms with Crippen molar-refractivity contribution in [2.45, 2.75) is 60.0 Å². The van der Waals surface area contributed by atoms with Gasteiger partial charge in [0.25, 0.3) is 0 Å². The summed E-state index contributed by atoms with van der Waals surface area (Å²) in [5.41, 5.74) is 1.52. The van der Waals surface area contributed by atoms with Crippen molar-refractivity contribution in [2.75, 3.05) is 7.11 Å². The van der Waals surface area contributed by atoms with E-state index in [2.05, 4.69) is 13.8 Å². The maximum atomic E-state index is 12.5. The first-order valence-electron chi connectivity index (χ1n) is 8.33. The fraction of sp³-hybridized carbons (Fsp3) is 0.600. The lowest BCUT2D eigenvalue weighted by Gasteiger charge is -2.40. The molecule has 1 aromatic carbocycles. The molecule has 2 rings (SSSR count). The zero-order valence-corrected chi connectivity index (χ0v) is 15.8. The highest BCUT2D eigenvalue weighted by Crippen LogP contribution is 2.53. The number of ether oxygens (including phenoxy) is 2. The molecule has 1 aliphatic rings. The molecular weight excluding hydrogens is 304 g/mol. The normalized spacial score (nSPS) is 22.0. The van der Waals surface area contributed by atoms with Crippen LogP contribution in [0.25, 0.3) is 0 Å². The summed E-state index contributed by atoms with van der Waals surface area (Å²) >= 11 is 0. The van der Waals surface area contributed by atoms with Crippen molar-refractivity contribution >= 4 is 11.9 Å². The summed E-state index contributed by atoms with van der Waals surface area (Å²) in [6.45, 7) is 11.8. The number of esters is 2. The summed E-state index contributed by atoms with van der Waals surface area (Å²) in [6.07, 6.45) is 1.04. The lowest BCUT2D eigenvalue weighted by atomic mass is 9.76. The predicted molar refractivity (Wildman–Crippen MR) is 92.5 cm³/mol. The van der Waals surface area contributed by atoms with Gasteiger partial charge in [0, 0.05) is 5.41 Å². The summed E-state index contributed by atoms with van der Waals surface area (Å²) in [6, 6.07) is 5.96. The molecule has 0 aliphatic heterocycles. The fourth-order valence-corrected chi connectivity index (χ4v) is 3.11. The third-order valence-corrected chi connectivity index (χ3v) is 5.10. The van der Waals surface area contributed by atoms with Gasteiger partial charge in [-0.05, 0) is 50.8 Å². The second-order valence-corrected chi connectivity index (χ2v) is 8.48. The molecule has 0 radical (unpaired) electrons. The fourth-order valence-electron chi connectivity index (χ4n) is 3.11. The SMILES string of the molecule is COC(=O)Cc1ccc2c(c1)C(C)(OC(=O)C(C)(C)C)C(C)(C)C2. The van der Waals surface area contributed by atoms with Crippen LogP contribution in [0, 0.1) is 10.8 Å². The number of hydrogen-bond acceptors (Lipinski definition) is 4. The van der Waals surface area contributed by atoms with Gasteiger partial charge in [-0.25, -0.2) is 0 Å². The van der Waals surface area contributed by atoms with Crippen molar-refractivity contribution in [1.82, 2.24) is 0 Å². The van der Waals surface area contributed by atoms with E-state index in [1.54, 1.807) is 0 Å². The van der Waals surface area contributed by atoms with Crippen LogP contribution in [-0.2, 0) is 37.5 Å². The van der Waals surface area contributed by atoms with E-state index in [4.69, 9.17) is 9.47 Å². The quantitative estimate of drug-likeness (QED) is 0.790. The van der Waals surface area contributed by atoms with Gasteiger partial charge in [-0.15, -0.1) is 0 Å². The summed E-state index contributed by atoms with van der Waals surface area (Å²) in [7, 11) is 1.38. The minimum atomic E-state index is -0.723. The Morgan fingerprint density at radius 2 is 1.79 bits per heavy atom. The zero-order valence-electron chi connectivity index (χ0n) is 15.8. The molecule has 4 heteroatoms. The van der Waals surface area contributed by atoms with Gasteiger partial charge in [0.05, 0.1) is 18.9 Å². The highest BCUT2D eigenvalue weighted by atomic mass is 16.6. The van der Waals surface area contributed by atoms with Crippen molar-refractivity contribution in [3.63, 3.8) is 0 Å². The van der Waals surface area contributed by atoms with Crippen molar-refractivity contribution in [3.8, 4) is 0 Å². The van der Waals surface area contributed by atoms with Crippen molar-refractivity contribution in [1.29, 1.82) is 0 Å². The van der Waals surface area contributed by atoms with Gasteiger partial charge in [-0.3, -0.25) is 9.59 Å². The van der Waals surface area contributed by atoms with Crippen LogP contribution in [0.5, 0.6) is 0 Å². The van der Waals surface area contributed by atoms with E-state index in [0.717, 1.165) is 23.1 Å². The summed E-state index contributed by atoms with van der Waals surface area (Å²) in [5.74, 6) is -0.495. The Labute approximate surface area is 144 Å². The lowest BCUT2D eigenvalue weighted by Crippen LogP contribution is -2.42. The molecule has 0 fully saturated rings. The monoisotopic (exact) mass is 332 g/mol. The second kappa shape index (κ2) is 5.91. The van der Waals surface area contributed by atoms with Gasteiger partial charge in [-0.2, -0.15) is 0 Å². The van der Waals surface area contributed by atoms with Crippen LogP contribution < -0.4 is 0 Å². The molecule has 0 spiro atoms. The first-order valence-corrected chi connectivity index (χ1v) is 8.33. The molecule has 0 heterocycles. The topological polar surface area (TPSA) is 52.6 Å². The van der Waals surface area contributed by atoms with Gasteiger partial charge in [0.15, 0.2) is 0 Å². The standard InChI is InChI=1S/C20H28O4/c1-18(2,3)17(22)24-20(6)15-10-13(11-16(21)23-7)8-9-14(15)12-19(20,4)5/h8-10H,11-12H2,1-7H3. The van der Waals surface area contributed by atoms with Crippen LogP contribution in [0.15, 0.2) is 18.2 Å². The van der Waals surface area contributed by atoms with Crippen LogP contribution >= 0.6 is 0 Å². The van der Waals surface area contributed by atoms with Crippen molar-refractivity contribution in [3.05, 3.63) is 34.9 Å². The number of carbonyl (C=O) groups is 2. The summed E-state index contributed by atoms with van der Waals surface area (Å²) in [5, 5.41) is 0. The Bertz CT molecular complexity index is 667. The first kappa shape index (κ1) is 18.5. The molecule has 0 aromatic heterocycles. The van der Waals surface area contributed by atoms with E-state index in [9.17, 15) is 9.59 Å². The second-order valence-electron chi connectivity index (χ2n) is 8.48. The van der Waals surface area contributed by atoms with E-state index >= 15 is 0 Å². The highest BCUT2D eigenvalue weighted by Gasteiger charge is 2.53. The molecule has 0 N–H and O–H groups in total. The van der Waals surface area contributed by atoms with E-state index in [0.29, 0.717) is 0 Å². The van der Waals surface area contributed by atoms with Gasteiger partial charge < -0.3 is 9.47 Å². The van der Waals surface area contributed by atoms with Gasteiger partial charge >= 0.3 is 11.9 Å². The number of methoxy groups -OCH3 is 1. The Balaban J connectivity index is 2.44. The van der Waals surface area contributed by atoms with Gasteiger partial charge in [0.2, 0.25) is 0 Å². The lowest BCUT2D eigenvalue weighted by molar-refractivity contribution is -0.181. The number of hydrogen-bond donors (Lipinski definition) is 0. The molecular formula is C20H28O4. The van der Waals surface area contributed by atoms with E-state index in [1.807, 2.05) is 45.9 Å². The summed E-state index contributed by atoms with van der Waals surface area (Å²) in [4.78, 5) is 24.1. The first-order chi connectivity index (χ1) is 10.9. The number of benzene rings is 1. The minimum absolute atomic E-state index is 0.216.